The van der Waals surface area contributed by atoms with Crippen LogP contribution in [0.2, 0.25) is 0 Å². The molecule has 0 aliphatic rings. The molecular weight excluding hydrogens is 266 g/mol. The second-order valence-electron chi connectivity index (χ2n) is 3.78. The van der Waals surface area contributed by atoms with E-state index in [0.717, 1.165) is 10.4 Å². The van der Waals surface area contributed by atoms with Gasteiger partial charge in [0, 0.05) is 20.0 Å². The number of aliphatic hydroxyl groups excluding tert-OH is 1. The van der Waals surface area contributed by atoms with E-state index < -0.39 is 0 Å². The summed E-state index contributed by atoms with van der Waals surface area (Å²) in [5, 5.41) is 10.7. The number of nitrogens with zero attached hydrogens (tertiary/aromatic N) is 1. The average Bonchev–Trinajstić information content (AvgIpc) is 2.77. The monoisotopic (exact) mass is 283 g/mol. The molecule has 0 spiro atoms. The third-order valence-corrected chi connectivity index (χ3v) is 3.65. The van der Waals surface area contributed by atoms with Gasteiger partial charge in [-0.3, -0.25) is 4.79 Å². The third-order valence-electron chi connectivity index (χ3n) is 2.22. The molecule has 0 saturated heterocycles. The second kappa shape index (κ2) is 8.20. The summed E-state index contributed by atoms with van der Waals surface area (Å²) in [7, 11) is 1.81. The minimum Gasteiger partial charge on any atom is -0.395 e. The van der Waals surface area contributed by atoms with E-state index in [1.807, 2.05) is 24.7 Å². The summed E-state index contributed by atoms with van der Waals surface area (Å²) >= 11 is 3.10. The normalized spacial score (nSPS) is 9.72. The molecule has 1 rings (SSSR count). The fourth-order valence-corrected chi connectivity index (χ4v) is 2.56. The van der Waals surface area contributed by atoms with Gasteiger partial charge in [-0.05, 0) is 23.3 Å². The Morgan fingerprint density at radius 1 is 1.61 bits per heavy atom. The third kappa shape index (κ3) is 5.13. The Labute approximate surface area is 116 Å². The smallest absolute Gasteiger partial charge is 0.232 e. The Hall–Kier alpha value is -0.960. The lowest BCUT2D eigenvalue weighted by molar-refractivity contribution is -0.127. The molecule has 0 aliphatic heterocycles. The first kappa shape index (κ1) is 15.1. The van der Waals surface area contributed by atoms with E-state index in [1.54, 1.807) is 16.2 Å². The van der Waals surface area contributed by atoms with Gasteiger partial charge >= 0.3 is 0 Å². The molecule has 0 aliphatic carbocycles. The lowest BCUT2D eigenvalue weighted by Gasteiger charge is -2.15. The Balaban J connectivity index is 2.54. The number of rotatable bonds is 5. The van der Waals surface area contributed by atoms with Crippen LogP contribution >= 0.6 is 23.1 Å². The molecule has 1 N–H and O–H groups in total. The summed E-state index contributed by atoms with van der Waals surface area (Å²) < 4.78 is 0. The van der Waals surface area contributed by atoms with Crippen molar-refractivity contribution in [2.75, 3.05) is 25.7 Å². The van der Waals surface area contributed by atoms with Crippen LogP contribution in [0.15, 0.2) is 11.4 Å². The number of hydrogen-bond acceptors (Lipinski definition) is 4. The van der Waals surface area contributed by atoms with Crippen molar-refractivity contribution < 1.29 is 9.90 Å². The van der Waals surface area contributed by atoms with Crippen molar-refractivity contribution in [3.8, 4) is 11.8 Å². The Morgan fingerprint density at radius 3 is 3.06 bits per heavy atom. The van der Waals surface area contributed by atoms with Crippen LogP contribution in [-0.2, 0) is 11.3 Å². The number of amides is 1. The van der Waals surface area contributed by atoms with Crippen LogP contribution in [0, 0.1) is 11.8 Å². The van der Waals surface area contributed by atoms with Crippen molar-refractivity contribution in [1.29, 1.82) is 0 Å². The van der Waals surface area contributed by atoms with Crippen molar-refractivity contribution in [1.82, 2.24) is 4.90 Å². The lowest BCUT2D eigenvalue weighted by Crippen LogP contribution is -2.27. The molecule has 0 fully saturated rings. The lowest BCUT2D eigenvalue weighted by atomic mass is 10.3. The highest BCUT2D eigenvalue weighted by atomic mass is 32.2. The van der Waals surface area contributed by atoms with Gasteiger partial charge in [0.05, 0.1) is 17.2 Å². The molecule has 0 unspecified atom stereocenters. The molecular formula is C13H17NO2S2. The van der Waals surface area contributed by atoms with Crippen molar-refractivity contribution in [2.45, 2.75) is 13.0 Å². The minimum atomic E-state index is 0.0944. The van der Waals surface area contributed by atoms with Gasteiger partial charge in [-0.25, -0.2) is 0 Å². The van der Waals surface area contributed by atoms with Gasteiger partial charge in [0.25, 0.3) is 0 Å². The first-order valence-corrected chi connectivity index (χ1v) is 7.84. The highest BCUT2D eigenvalue weighted by Crippen LogP contribution is 2.15. The summed E-state index contributed by atoms with van der Waals surface area (Å²) in [5.74, 6) is 6.54. The SMILES string of the molecule is CSCC(=O)N(C)Cc1csc(C#CCCO)c1. The maximum Gasteiger partial charge on any atom is 0.232 e. The highest BCUT2D eigenvalue weighted by molar-refractivity contribution is 7.99. The van der Waals surface area contributed by atoms with Gasteiger partial charge in [0.1, 0.15) is 0 Å². The van der Waals surface area contributed by atoms with Gasteiger partial charge in [0.2, 0.25) is 5.91 Å². The summed E-state index contributed by atoms with van der Waals surface area (Å²) in [6.07, 6.45) is 2.42. The Morgan fingerprint density at radius 2 is 2.39 bits per heavy atom. The molecule has 98 valence electrons. The molecule has 1 aromatic rings. The van der Waals surface area contributed by atoms with Crippen LogP contribution in [0.4, 0.5) is 0 Å². The number of carbonyl (C=O) groups is 1. The van der Waals surface area contributed by atoms with Crippen LogP contribution in [0.5, 0.6) is 0 Å². The Bertz CT molecular complexity index is 445. The molecule has 1 amide bonds. The second-order valence-corrected chi connectivity index (χ2v) is 5.55. The highest BCUT2D eigenvalue weighted by Gasteiger charge is 2.09. The van der Waals surface area contributed by atoms with E-state index in [-0.39, 0.29) is 12.5 Å². The first-order chi connectivity index (χ1) is 8.67. The number of thiophene rings is 1. The molecule has 0 radical (unpaired) electrons. The van der Waals surface area contributed by atoms with E-state index in [9.17, 15) is 4.79 Å². The summed E-state index contributed by atoms with van der Waals surface area (Å²) in [6, 6.07) is 2.00. The van der Waals surface area contributed by atoms with Gasteiger partial charge in [-0.2, -0.15) is 11.8 Å². The van der Waals surface area contributed by atoms with Gasteiger partial charge in [-0.15, -0.1) is 11.3 Å². The zero-order chi connectivity index (χ0) is 13.4. The Kier molecular flexibility index (Phi) is 6.88. The predicted molar refractivity (Wildman–Crippen MR) is 77.8 cm³/mol. The molecule has 0 bridgehead atoms. The van der Waals surface area contributed by atoms with Crippen molar-refractivity contribution in [3.05, 3.63) is 21.9 Å². The van der Waals surface area contributed by atoms with Gasteiger partial charge in [-0.1, -0.05) is 11.8 Å². The van der Waals surface area contributed by atoms with Crippen LogP contribution in [0.3, 0.4) is 0 Å². The minimum absolute atomic E-state index is 0.0944. The zero-order valence-electron chi connectivity index (χ0n) is 10.6. The largest absolute Gasteiger partial charge is 0.395 e. The van der Waals surface area contributed by atoms with Gasteiger partial charge < -0.3 is 10.0 Å². The summed E-state index contributed by atoms with van der Waals surface area (Å²) in [4.78, 5) is 14.3. The number of thioether (sulfide) groups is 1. The van der Waals surface area contributed by atoms with E-state index in [4.69, 9.17) is 5.11 Å². The molecule has 0 saturated carbocycles. The van der Waals surface area contributed by atoms with Crippen LogP contribution in [0.25, 0.3) is 0 Å². The maximum atomic E-state index is 11.6. The van der Waals surface area contributed by atoms with Crippen molar-refractivity contribution in [2.24, 2.45) is 0 Å². The number of carbonyl (C=O) groups excluding carboxylic acids is 1. The average molecular weight is 283 g/mol. The van der Waals surface area contributed by atoms with Gasteiger partial charge in [0.15, 0.2) is 0 Å². The molecule has 18 heavy (non-hydrogen) atoms. The predicted octanol–water partition coefficient (Wildman–Crippen LogP) is 1.80. The van der Waals surface area contributed by atoms with Crippen LogP contribution in [-0.4, -0.2) is 41.6 Å². The fraction of sp³-hybridized carbons (Fsp3) is 0.462. The molecule has 1 heterocycles. The van der Waals surface area contributed by atoms with Crippen LogP contribution < -0.4 is 0 Å². The first-order valence-electron chi connectivity index (χ1n) is 5.57. The molecule has 3 nitrogen and oxygen atoms in total. The topological polar surface area (TPSA) is 40.5 Å². The zero-order valence-corrected chi connectivity index (χ0v) is 12.2. The van der Waals surface area contributed by atoms with Crippen molar-refractivity contribution >= 4 is 29.0 Å². The molecule has 0 aromatic carbocycles. The maximum absolute atomic E-state index is 11.6. The van der Waals surface area contributed by atoms with Crippen LogP contribution in [0.1, 0.15) is 16.9 Å². The number of aliphatic hydroxyl groups is 1. The van der Waals surface area contributed by atoms with E-state index in [0.29, 0.717) is 18.7 Å². The fourth-order valence-electron chi connectivity index (χ4n) is 1.33. The van der Waals surface area contributed by atoms with E-state index in [1.165, 1.54) is 11.8 Å². The number of hydrogen-bond donors (Lipinski definition) is 1. The summed E-state index contributed by atoms with van der Waals surface area (Å²) in [5.41, 5.74) is 1.10. The van der Waals surface area contributed by atoms with E-state index >= 15 is 0 Å². The molecule has 0 atom stereocenters. The van der Waals surface area contributed by atoms with E-state index in [2.05, 4.69) is 11.8 Å². The van der Waals surface area contributed by atoms with Crippen molar-refractivity contribution in [3.63, 3.8) is 0 Å². The standard InChI is InChI=1S/C13H17NO2S2/c1-14(13(16)10-17-2)8-11-7-12(18-9-11)5-3-4-6-15/h7,9,15H,4,6,8,10H2,1-2H3. The molecule has 1 aromatic heterocycles. The molecule has 5 heteroatoms. The quantitative estimate of drug-likeness (QED) is 0.838. The summed E-state index contributed by atoms with van der Waals surface area (Å²) in [6.45, 7) is 0.717.